The van der Waals surface area contributed by atoms with Gasteiger partial charge < -0.3 is 24.8 Å². The van der Waals surface area contributed by atoms with E-state index in [1.807, 2.05) is 6.07 Å². The largest absolute Gasteiger partial charge is 0.493 e. The Morgan fingerprint density at radius 3 is 2.52 bits per heavy atom. The van der Waals surface area contributed by atoms with Gasteiger partial charge in [-0.3, -0.25) is 0 Å². The van der Waals surface area contributed by atoms with Gasteiger partial charge in [-0.15, -0.1) is 0 Å². The number of hydrogen-bond acceptors (Lipinski definition) is 5. The number of carboxylic acids is 1. The van der Waals surface area contributed by atoms with Crippen molar-refractivity contribution in [1.29, 1.82) is 0 Å². The molecule has 3 aromatic rings. The quantitative estimate of drug-likeness (QED) is 0.571. The van der Waals surface area contributed by atoms with Gasteiger partial charge in [0.1, 0.15) is 0 Å². The number of fused-ring (bicyclic) bond motifs is 1. The van der Waals surface area contributed by atoms with E-state index in [2.05, 4.69) is 10.4 Å². The fraction of sp³-hybridized carbons (Fsp3) is 0.261. The van der Waals surface area contributed by atoms with Crippen LogP contribution >= 0.6 is 11.6 Å². The molecule has 1 aliphatic heterocycles. The number of amides is 2. The lowest BCUT2D eigenvalue weighted by Crippen LogP contribution is -2.42. The highest BCUT2D eigenvalue weighted by Crippen LogP contribution is 2.28. The first kappa shape index (κ1) is 22.5. The Hall–Kier alpha value is -3.72. The van der Waals surface area contributed by atoms with Crippen molar-refractivity contribution >= 4 is 23.6 Å². The molecular weight excluding hydrogens is 448 g/mol. The summed E-state index contributed by atoms with van der Waals surface area (Å²) >= 11 is 5.97. The molecule has 0 aliphatic carbocycles. The van der Waals surface area contributed by atoms with Crippen molar-refractivity contribution in [3.8, 4) is 17.2 Å². The van der Waals surface area contributed by atoms with Gasteiger partial charge in [-0.1, -0.05) is 17.7 Å². The average molecular weight is 471 g/mol. The summed E-state index contributed by atoms with van der Waals surface area (Å²) in [6.45, 7) is 0.879. The Morgan fingerprint density at radius 2 is 1.85 bits per heavy atom. The molecule has 4 rings (SSSR count). The lowest BCUT2D eigenvalue weighted by atomic mass is 10.1. The molecule has 1 aromatic heterocycles. The molecule has 0 radical (unpaired) electrons. The Bertz CT molecular complexity index is 1190. The molecule has 2 heterocycles. The maximum atomic E-state index is 12.8. The van der Waals surface area contributed by atoms with Gasteiger partial charge in [-0.05, 0) is 42.0 Å². The lowest BCUT2D eigenvalue weighted by molar-refractivity contribution is 0.0687. The number of carbonyl (C=O) groups is 2. The number of aromatic nitrogens is 2. The second-order valence-electron chi connectivity index (χ2n) is 7.49. The molecule has 0 atom stereocenters. The third-order valence-electron chi connectivity index (χ3n) is 5.51. The number of ether oxygens (including phenoxy) is 2. The molecule has 33 heavy (non-hydrogen) atoms. The number of halogens is 1. The predicted octanol–water partition coefficient (Wildman–Crippen LogP) is 3.51. The zero-order valence-electron chi connectivity index (χ0n) is 18.2. The van der Waals surface area contributed by atoms with Crippen LogP contribution in [0.25, 0.3) is 5.69 Å². The van der Waals surface area contributed by atoms with Crippen molar-refractivity contribution in [2.24, 2.45) is 0 Å². The highest BCUT2D eigenvalue weighted by atomic mass is 35.5. The molecule has 2 aromatic carbocycles. The smallest absolute Gasteiger partial charge is 0.356 e. The van der Waals surface area contributed by atoms with Gasteiger partial charge in [0.25, 0.3) is 0 Å². The molecule has 0 unspecified atom stereocenters. The Labute approximate surface area is 195 Å². The molecule has 1 aliphatic rings. The van der Waals surface area contributed by atoms with E-state index in [1.54, 1.807) is 60.2 Å². The van der Waals surface area contributed by atoms with E-state index in [9.17, 15) is 14.7 Å². The summed E-state index contributed by atoms with van der Waals surface area (Å²) in [6.07, 6.45) is 0.474. The minimum absolute atomic E-state index is 0.0580. The Kier molecular flexibility index (Phi) is 6.41. The van der Waals surface area contributed by atoms with Crippen molar-refractivity contribution in [3.63, 3.8) is 0 Å². The van der Waals surface area contributed by atoms with Crippen LogP contribution in [0.4, 0.5) is 4.79 Å². The summed E-state index contributed by atoms with van der Waals surface area (Å²) < 4.78 is 12.2. The van der Waals surface area contributed by atoms with Crippen LogP contribution in [-0.2, 0) is 19.5 Å². The summed E-state index contributed by atoms with van der Waals surface area (Å²) in [5, 5.41) is 17.4. The van der Waals surface area contributed by atoms with E-state index in [0.717, 1.165) is 16.9 Å². The van der Waals surface area contributed by atoms with Crippen LogP contribution in [0.3, 0.4) is 0 Å². The second-order valence-corrected chi connectivity index (χ2v) is 7.92. The van der Waals surface area contributed by atoms with Crippen LogP contribution in [0.2, 0.25) is 5.02 Å². The number of urea groups is 1. The van der Waals surface area contributed by atoms with Gasteiger partial charge in [0, 0.05) is 30.1 Å². The summed E-state index contributed by atoms with van der Waals surface area (Å²) in [6, 6.07) is 12.1. The fourth-order valence-electron chi connectivity index (χ4n) is 3.84. The molecule has 0 fully saturated rings. The summed E-state index contributed by atoms with van der Waals surface area (Å²) in [7, 11) is 3.11. The molecule has 0 saturated heterocycles. The van der Waals surface area contributed by atoms with Gasteiger partial charge in [0.05, 0.1) is 32.1 Å². The van der Waals surface area contributed by atoms with Gasteiger partial charge in [-0.25, -0.2) is 14.3 Å². The number of benzene rings is 2. The molecule has 172 valence electrons. The average Bonchev–Trinajstić information content (AvgIpc) is 3.22. The van der Waals surface area contributed by atoms with E-state index in [0.29, 0.717) is 41.6 Å². The summed E-state index contributed by atoms with van der Waals surface area (Å²) in [5.41, 5.74) is 2.82. The van der Waals surface area contributed by atoms with Crippen LogP contribution in [0.5, 0.6) is 11.5 Å². The standard InChI is InChI=1S/C23H23ClN4O5/c1-32-19-8-3-14(11-20(19)33-2)12-25-23(31)27-10-9-18-17(13-27)21(22(29)30)26-28(18)16-6-4-15(24)5-7-16/h3-8,11H,9-10,12-13H2,1-2H3,(H,25,31)(H,29,30). The maximum absolute atomic E-state index is 12.8. The van der Waals surface area contributed by atoms with Crippen LogP contribution in [0, 0.1) is 0 Å². The molecule has 0 saturated carbocycles. The van der Waals surface area contributed by atoms with Crippen molar-refractivity contribution in [2.75, 3.05) is 20.8 Å². The molecule has 0 bridgehead atoms. The number of hydrogen-bond donors (Lipinski definition) is 2. The van der Waals surface area contributed by atoms with Crippen molar-refractivity contribution < 1.29 is 24.2 Å². The number of nitrogens with one attached hydrogen (secondary N) is 1. The molecule has 2 amide bonds. The Morgan fingerprint density at radius 1 is 1.12 bits per heavy atom. The first-order valence-electron chi connectivity index (χ1n) is 10.2. The van der Waals surface area contributed by atoms with E-state index in [-0.39, 0.29) is 18.3 Å². The molecule has 10 heteroatoms. The third-order valence-corrected chi connectivity index (χ3v) is 5.76. The summed E-state index contributed by atoms with van der Waals surface area (Å²) in [4.78, 5) is 26.2. The molecular formula is C23H23ClN4O5. The van der Waals surface area contributed by atoms with Crippen molar-refractivity contribution in [2.45, 2.75) is 19.5 Å². The zero-order chi connectivity index (χ0) is 23.5. The van der Waals surface area contributed by atoms with Gasteiger partial charge >= 0.3 is 12.0 Å². The van der Waals surface area contributed by atoms with Gasteiger partial charge in [0.15, 0.2) is 17.2 Å². The minimum atomic E-state index is -1.13. The number of nitrogens with zero attached hydrogens (tertiary/aromatic N) is 3. The number of methoxy groups -OCH3 is 2. The molecule has 2 N–H and O–H groups in total. The topological polar surface area (TPSA) is 106 Å². The maximum Gasteiger partial charge on any atom is 0.356 e. The third kappa shape index (κ3) is 4.58. The molecule has 9 nitrogen and oxygen atoms in total. The summed E-state index contributed by atoms with van der Waals surface area (Å²) in [5.74, 6) is 0.0502. The monoisotopic (exact) mass is 470 g/mol. The highest BCUT2D eigenvalue weighted by Gasteiger charge is 2.30. The normalized spacial score (nSPS) is 12.8. The van der Waals surface area contributed by atoms with Crippen LogP contribution < -0.4 is 14.8 Å². The first-order chi connectivity index (χ1) is 15.9. The molecule has 0 spiro atoms. The first-order valence-corrected chi connectivity index (χ1v) is 10.6. The van der Waals surface area contributed by atoms with E-state index < -0.39 is 5.97 Å². The highest BCUT2D eigenvalue weighted by molar-refractivity contribution is 6.30. The number of carbonyl (C=O) groups excluding carboxylic acids is 1. The van der Waals surface area contributed by atoms with Crippen molar-refractivity contribution in [3.05, 3.63) is 70.0 Å². The minimum Gasteiger partial charge on any atom is -0.493 e. The fourth-order valence-corrected chi connectivity index (χ4v) is 3.97. The van der Waals surface area contributed by atoms with Gasteiger partial charge in [-0.2, -0.15) is 5.10 Å². The SMILES string of the molecule is COc1ccc(CNC(=O)N2CCc3c(c(C(=O)O)nn3-c3ccc(Cl)cc3)C2)cc1OC. The second kappa shape index (κ2) is 9.41. The van der Waals surface area contributed by atoms with Crippen LogP contribution in [0.15, 0.2) is 42.5 Å². The zero-order valence-corrected chi connectivity index (χ0v) is 18.9. The Balaban J connectivity index is 1.51. The number of carboxylic acid groups (broad SMARTS) is 1. The van der Waals surface area contributed by atoms with Crippen molar-refractivity contribution in [1.82, 2.24) is 20.0 Å². The van der Waals surface area contributed by atoms with Crippen LogP contribution in [-0.4, -0.2) is 52.6 Å². The van der Waals surface area contributed by atoms with Gasteiger partial charge in [0.2, 0.25) is 0 Å². The van der Waals surface area contributed by atoms with Crippen LogP contribution in [0.1, 0.15) is 27.3 Å². The predicted molar refractivity (Wildman–Crippen MR) is 121 cm³/mol. The van der Waals surface area contributed by atoms with E-state index in [4.69, 9.17) is 21.1 Å². The number of rotatable bonds is 6. The number of aromatic carboxylic acids is 1. The lowest BCUT2D eigenvalue weighted by Gasteiger charge is -2.28. The van der Waals surface area contributed by atoms with E-state index >= 15 is 0 Å². The van der Waals surface area contributed by atoms with E-state index in [1.165, 1.54) is 0 Å².